The number of fused-ring (bicyclic) bond motifs is 1. The average Bonchev–Trinajstić information content (AvgIpc) is 2.40. The van der Waals surface area contributed by atoms with E-state index < -0.39 is 11.4 Å². The zero-order valence-electron chi connectivity index (χ0n) is 7.46. The first-order valence-corrected chi connectivity index (χ1v) is 4.28. The molecule has 2 fully saturated rings. The minimum absolute atomic E-state index is 0.00231. The summed E-state index contributed by atoms with van der Waals surface area (Å²) < 4.78 is 11.3. The maximum absolute atomic E-state index is 9.21. The smallest absolute Gasteiger partial charge is 0.164 e. The van der Waals surface area contributed by atoms with Crippen LogP contribution in [0.25, 0.3) is 0 Å². The van der Waals surface area contributed by atoms with Crippen LogP contribution in [0.2, 0.25) is 0 Å². The van der Waals surface area contributed by atoms with Crippen molar-refractivity contribution in [2.75, 3.05) is 19.7 Å². The van der Waals surface area contributed by atoms with Gasteiger partial charge in [-0.2, -0.15) is 0 Å². The van der Waals surface area contributed by atoms with Crippen molar-refractivity contribution in [2.24, 2.45) is 0 Å². The third-order valence-electron chi connectivity index (χ3n) is 2.48. The van der Waals surface area contributed by atoms with Crippen molar-refractivity contribution in [1.29, 1.82) is 0 Å². The topological polar surface area (TPSA) is 50.7 Å². The lowest BCUT2D eigenvalue weighted by molar-refractivity contribution is -0.171. The Kier molecular flexibility index (Phi) is 1.70. The van der Waals surface area contributed by atoms with Gasteiger partial charge in [-0.15, -0.1) is 0 Å². The second-order valence-electron chi connectivity index (χ2n) is 3.96. The third kappa shape index (κ3) is 1.07. The number of aliphatic hydroxyl groups excluding tert-OH is 1. The summed E-state index contributed by atoms with van der Waals surface area (Å²) in [5.74, 6) is -0.546. The molecule has 2 rings (SSSR count). The Bertz CT molecular complexity index is 195. The second kappa shape index (κ2) is 2.42. The molecule has 2 saturated heterocycles. The van der Waals surface area contributed by atoms with E-state index in [1.807, 2.05) is 13.8 Å². The molecule has 2 heterocycles. The van der Waals surface area contributed by atoms with Gasteiger partial charge in [-0.05, 0) is 13.8 Å². The first-order chi connectivity index (χ1) is 5.58. The fourth-order valence-corrected chi connectivity index (χ4v) is 2.01. The summed E-state index contributed by atoms with van der Waals surface area (Å²) in [5, 5.41) is 12.4. The first kappa shape index (κ1) is 8.44. The van der Waals surface area contributed by atoms with E-state index in [9.17, 15) is 5.11 Å². The lowest BCUT2D eigenvalue weighted by Crippen LogP contribution is -2.44. The number of nitrogens with one attached hydrogen (secondary N) is 1. The highest BCUT2D eigenvalue weighted by Crippen LogP contribution is 2.37. The van der Waals surface area contributed by atoms with Crippen LogP contribution in [0.5, 0.6) is 0 Å². The van der Waals surface area contributed by atoms with Crippen molar-refractivity contribution < 1.29 is 14.6 Å². The van der Waals surface area contributed by atoms with Gasteiger partial charge < -0.3 is 19.9 Å². The molecule has 0 spiro atoms. The van der Waals surface area contributed by atoms with Gasteiger partial charge in [0.1, 0.15) is 11.7 Å². The number of hydrogen-bond acceptors (Lipinski definition) is 4. The summed E-state index contributed by atoms with van der Waals surface area (Å²) in [6, 6.07) is 0. The molecule has 2 aliphatic rings. The van der Waals surface area contributed by atoms with Gasteiger partial charge in [0.05, 0.1) is 6.61 Å². The Morgan fingerprint density at radius 2 is 2.33 bits per heavy atom. The molecule has 0 saturated carbocycles. The normalized spacial score (nSPS) is 44.8. The molecule has 0 unspecified atom stereocenters. The molecular formula is C8H15NO3. The molecule has 0 aliphatic carbocycles. The molecule has 12 heavy (non-hydrogen) atoms. The van der Waals surface area contributed by atoms with Crippen molar-refractivity contribution in [3.05, 3.63) is 0 Å². The van der Waals surface area contributed by atoms with Crippen LogP contribution in [0.15, 0.2) is 0 Å². The first-order valence-electron chi connectivity index (χ1n) is 4.28. The van der Waals surface area contributed by atoms with E-state index in [0.717, 1.165) is 6.54 Å². The van der Waals surface area contributed by atoms with Gasteiger partial charge in [0.2, 0.25) is 0 Å². The fourth-order valence-electron chi connectivity index (χ4n) is 2.01. The van der Waals surface area contributed by atoms with Crippen LogP contribution in [-0.4, -0.2) is 42.3 Å². The van der Waals surface area contributed by atoms with Gasteiger partial charge in [-0.25, -0.2) is 0 Å². The van der Waals surface area contributed by atoms with Crippen molar-refractivity contribution in [3.8, 4) is 0 Å². The van der Waals surface area contributed by atoms with Gasteiger partial charge in [-0.1, -0.05) is 0 Å². The SMILES string of the molecule is CC1(C)O[C@@H]2CNC[C@@]2(CO)O1. The van der Waals surface area contributed by atoms with Crippen LogP contribution in [-0.2, 0) is 9.47 Å². The van der Waals surface area contributed by atoms with Crippen molar-refractivity contribution in [3.63, 3.8) is 0 Å². The quantitative estimate of drug-likeness (QED) is 0.560. The molecule has 70 valence electrons. The van der Waals surface area contributed by atoms with E-state index >= 15 is 0 Å². The Morgan fingerprint density at radius 3 is 2.92 bits per heavy atom. The Balaban J connectivity index is 2.20. The van der Waals surface area contributed by atoms with Gasteiger partial charge in [0.25, 0.3) is 0 Å². The molecule has 0 amide bonds. The number of hydrogen-bond donors (Lipinski definition) is 2. The van der Waals surface area contributed by atoms with E-state index in [0.29, 0.717) is 6.54 Å². The number of aliphatic hydroxyl groups is 1. The fraction of sp³-hybridized carbons (Fsp3) is 1.00. The Morgan fingerprint density at radius 1 is 1.58 bits per heavy atom. The highest BCUT2D eigenvalue weighted by atomic mass is 16.8. The maximum atomic E-state index is 9.21. The van der Waals surface area contributed by atoms with Crippen LogP contribution >= 0.6 is 0 Å². The lowest BCUT2D eigenvalue weighted by Gasteiger charge is -2.24. The van der Waals surface area contributed by atoms with E-state index in [-0.39, 0.29) is 12.7 Å². The molecule has 0 bridgehead atoms. The number of ether oxygens (including phenoxy) is 2. The monoisotopic (exact) mass is 173 g/mol. The van der Waals surface area contributed by atoms with E-state index in [1.165, 1.54) is 0 Å². The largest absolute Gasteiger partial charge is 0.393 e. The minimum atomic E-state index is -0.546. The van der Waals surface area contributed by atoms with E-state index in [2.05, 4.69) is 5.32 Å². The van der Waals surface area contributed by atoms with Gasteiger partial charge in [0, 0.05) is 13.1 Å². The number of rotatable bonds is 1. The molecule has 4 heteroatoms. The summed E-state index contributed by atoms with van der Waals surface area (Å²) in [4.78, 5) is 0. The Labute approximate surface area is 71.9 Å². The van der Waals surface area contributed by atoms with Crippen molar-refractivity contribution >= 4 is 0 Å². The highest BCUT2D eigenvalue weighted by molar-refractivity contribution is 5.03. The summed E-state index contributed by atoms with van der Waals surface area (Å²) in [5.41, 5.74) is -0.497. The van der Waals surface area contributed by atoms with Crippen LogP contribution < -0.4 is 5.32 Å². The predicted octanol–water partition coefficient (Wildman–Crippen LogP) is -0.528. The lowest BCUT2D eigenvalue weighted by atomic mass is 10.0. The molecule has 2 N–H and O–H groups in total. The molecule has 0 aromatic heterocycles. The zero-order valence-corrected chi connectivity index (χ0v) is 7.46. The van der Waals surface area contributed by atoms with Crippen molar-refractivity contribution in [2.45, 2.75) is 31.3 Å². The van der Waals surface area contributed by atoms with Crippen LogP contribution in [0.4, 0.5) is 0 Å². The standard InChI is InChI=1S/C8H15NO3/c1-7(2)11-6-3-9-4-8(6,5-10)12-7/h6,9-10H,3-5H2,1-2H3/t6-,8+/m1/s1. The summed E-state index contributed by atoms with van der Waals surface area (Å²) >= 11 is 0. The van der Waals surface area contributed by atoms with Crippen molar-refractivity contribution in [1.82, 2.24) is 5.32 Å². The van der Waals surface area contributed by atoms with E-state index in [1.54, 1.807) is 0 Å². The molecular weight excluding hydrogens is 158 g/mol. The van der Waals surface area contributed by atoms with Crippen LogP contribution in [0, 0.1) is 0 Å². The third-order valence-corrected chi connectivity index (χ3v) is 2.48. The molecule has 4 nitrogen and oxygen atoms in total. The van der Waals surface area contributed by atoms with Gasteiger partial charge in [0.15, 0.2) is 5.79 Å². The average molecular weight is 173 g/mol. The molecule has 2 aliphatic heterocycles. The van der Waals surface area contributed by atoms with Crippen LogP contribution in [0.3, 0.4) is 0 Å². The summed E-state index contributed by atoms with van der Waals surface area (Å²) in [6.45, 7) is 5.22. The Hall–Kier alpha value is -0.160. The van der Waals surface area contributed by atoms with E-state index in [4.69, 9.17) is 9.47 Å². The van der Waals surface area contributed by atoms with Crippen LogP contribution in [0.1, 0.15) is 13.8 Å². The predicted molar refractivity (Wildman–Crippen MR) is 42.7 cm³/mol. The molecule has 0 aromatic rings. The second-order valence-corrected chi connectivity index (χ2v) is 3.96. The molecule has 0 radical (unpaired) electrons. The minimum Gasteiger partial charge on any atom is -0.393 e. The maximum Gasteiger partial charge on any atom is 0.164 e. The van der Waals surface area contributed by atoms with Gasteiger partial charge in [-0.3, -0.25) is 0 Å². The molecule has 2 atom stereocenters. The summed E-state index contributed by atoms with van der Waals surface area (Å²) in [7, 11) is 0. The molecule has 0 aromatic carbocycles. The zero-order chi connectivity index (χ0) is 8.82. The highest BCUT2D eigenvalue weighted by Gasteiger charge is 2.55. The summed E-state index contributed by atoms with van der Waals surface area (Å²) in [6.07, 6.45) is -0.00231. The van der Waals surface area contributed by atoms with Gasteiger partial charge >= 0.3 is 0 Å².